The van der Waals surface area contributed by atoms with Crippen molar-refractivity contribution in [3.05, 3.63) is 69.6 Å². The Bertz CT molecular complexity index is 1210. The third-order valence-electron chi connectivity index (χ3n) is 4.87. The number of nitrogens with one attached hydrogen (secondary N) is 1. The lowest BCUT2D eigenvalue weighted by molar-refractivity contribution is 0.466. The summed E-state index contributed by atoms with van der Waals surface area (Å²) in [5.41, 5.74) is 3.84. The van der Waals surface area contributed by atoms with Crippen molar-refractivity contribution in [2.75, 3.05) is 0 Å². The highest BCUT2D eigenvalue weighted by atomic mass is 32.2. The van der Waals surface area contributed by atoms with Crippen LogP contribution in [0.15, 0.2) is 56.8 Å². The molecule has 2 N–H and O–H groups in total. The van der Waals surface area contributed by atoms with E-state index in [0.717, 1.165) is 28.5 Å². The molecule has 0 unspecified atom stereocenters. The number of hydrogen-bond donors (Lipinski definition) is 2. The minimum absolute atomic E-state index is 0.139. The first-order valence-corrected chi connectivity index (χ1v) is 10.5. The molecule has 0 aliphatic carbocycles. The van der Waals surface area contributed by atoms with E-state index in [1.807, 2.05) is 25.1 Å². The molecule has 2 aromatic heterocycles. The molecule has 0 spiro atoms. The molecule has 2 heterocycles. The number of phenolic OH excluding ortho intramolecular Hbond substituents is 1. The number of rotatable bonds is 6. The molecule has 148 valence electrons. The minimum atomic E-state index is -0.441. The zero-order valence-corrected chi connectivity index (χ0v) is 17.0. The zero-order valence-electron chi connectivity index (χ0n) is 16.2. The summed E-state index contributed by atoms with van der Waals surface area (Å²) in [6, 6.07) is 13.1. The van der Waals surface area contributed by atoms with Gasteiger partial charge in [0.15, 0.2) is 5.82 Å². The van der Waals surface area contributed by atoms with Crippen molar-refractivity contribution in [1.29, 1.82) is 0 Å². The Morgan fingerprint density at radius 3 is 2.59 bits per heavy atom. The second-order valence-corrected chi connectivity index (χ2v) is 7.67. The monoisotopic (exact) mass is 407 g/mol. The molecule has 0 saturated heterocycles. The van der Waals surface area contributed by atoms with Gasteiger partial charge in [-0.25, -0.2) is 9.78 Å². The van der Waals surface area contributed by atoms with E-state index >= 15 is 0 Å². The average molecular weight is 407 g/mol. The number of nitrogens with zero attached hydrogens (tertiary/aromatic N) is 2. The van der Waals surface area contributed by atoms with Crippen LogP contribution >= 0.6 is 11.8 Å². The Kier molecular flexibility index (Phi) is 5.40. The molecular formula is C22H21N3O3S. The van der Waals surface area contributed by atoms with E-state index in [1.165, 1.54) is 29.5 Å². The summed E-state index contributed by atoms with van der Waals surface area (Å²) in [5, 5.41) is 18.7. The van der Waals surface area contributed by atoms with Gasteiger partial charge in [-0.3, -0.25) is 5.10 Å². The van der Waals surface area contributed by atoms with E-state index in [4.69, 9.17) is 4.42 Å². The normalized spacial score (nSPS) is 11.2. The summed E-state index contributed by atoms with van der Waals surface area (Å²) in [6.45, 7) is 4.09. The maximum Gasteiger partial charge on any atom is 0.336 e. The first kappa shape index (κ1) is 19.3. The Balaban J connectivity index is 1.58. The molecule has 2 aromatic carbocycles. The lowest BCUT2D eigenvalue weighted by Gasteiger charge is -2.07. The molecule has 0 radical (unpaired) electrons. The molecule has 7 heteroatoms. The number of thioether (sulfide) groups is 1. The van der Waals surface area contributed by atoms with Gasteiger partial charge in [0, 0.05) is 28.8 Å². The molecule has 4 rings (SSSR count). The summed E-state index contributed by atoms with van der Waals surface area (Å²) in [7, 11) is 0. The minimum Gasteiger partial charge on any atom is -0.508 e. The molecule has 0 aliphatic rings. The number of benzene rings is 2. The molecule has 0 amide bonds. The van der Waals surface area contributed by atoms with Gasteiger partial charge in [0.05, 0.1) is 0 Å². The van der Waals surface area contributed by atoms with Crippen molar-refractivity contribution < 1.29 is 9.52 Å². The van der Waals surface area contributed by atoms with Crippen LogP contribution in [0.3, 0.4) is 0 Å². The Labute approximate surface area is 172 Å². The molecular weight excluding hydrogens is 386 g/mol. The fourth-order valence-corrected chi connectivity index (χ4v) is 3.98. The van der Waals surface area contributed by atoms with Gasteiger partial charge >= 0.3 is 5.63 Å². The highest BCUT2D eigenvalue weighted by Gasteiger charge is 2.12. The van der Waals surface area contributed by atoms with Gasteiger partial charge in [-0.05, 0) is 35.6 Å². The molecule has 0 aliphatic heterocycles. The van der Waals surface area contributed by atoms with Crippen LogP contribution in [0.25, 0.3) is 22.4 Å². The topological polar surface area (TPSA) is 92.0 Å². The van der Waals surface area contributed by atoms with Crippen molar-refractivity contribution in [2.24, 2.45) is 0 Å². The maximum atomic E-state index is 11.9. The first-order chi connectivity index (χ1) is 14.1. The van der Waals surface area contributed by atoms with Gasteiger partial charge in [-0.2, -0.15) is 0 Å². The highest BCUT2D eigenvalue weighted by molar-refractivity contribution is 7.98. The highest BCUT2D eigenvalue weighted by Crippen LogP contribution is 2.30. The number of aromatic hydroxyl groups is 1. The van der Waals surface area contributed by atoms with E-state index < -0.39 is 5.63 Å². The van der Waals surface area contributed by atoms with Crippen LogP contribution in [0.1, 0.15) is 30.5 Å². The van der Waals surface area contributed by atoms with Gasteiger partial charge in [0.2, 0.25) is 5.16 Å². The molecule has 6 nitrogen and oxygen atoms in total. The number of aryl methyl sites for hydroxylation is 2. The summed E-state index contributed by atoms with van der Waals surface area (Å²) in [5.74, 6) is 1.37. The molecule has 0 saturated carbocycles. The Morgan fingerprint density at radius 1 is 1.07 bits per heavy atom. The third kappa shape index (κ3) is 4.05. The predicted octanol–water partition coefficient (Wildman–Crippen LogP) is 4.70. The van der Waals surface area contributed by atoms with E-state index in [1.54, 1.807) is 0 Å². The SMILES string of the molecule is CCc1ccc(-c2nc(SCc3cc(=O)oc4cc(O)c(CC)cc34)n[nH]2)cc1. The van der Waals surface area contributed by atoms with Crippen molar-refractivity contribution in [3.8, 4) is 17.1 Å². The lowest BCUT2D eigenvalue weighted by atomic mass is 10.1. The number of aromatic amines is 1. The number of fused-ring (bicyclic) bond motifs is 1. The first-order valence-electron chi connectivity index (χ1n) is 9.50. The zero-order chi connectivity index (χ0) is 20.4. The summed E-state index contributed by atoms with van der Waals surface area (Å²) in [6.07, 6.45) is 1.68. The van der Waals surface area contributed by atoms with Crippen LogP contribution < -0.4 is 5.63 Å². The van der Waals surface area contributed by atoms with Crippen LogP contribution in [-0.4, -0.2) is 20.3 Å². The van der Waals surface area contributed by atoms with Crippen LogP contribution in [0, 0.1) is 0 Å². The molecule has 29 heavy (non-hydrogen) atoms. The van der Waals surface area contributed by atoms with Crippen molar-refractivity contribution in [2.45, 2.75) is 37.6 Å². The van der Waals surface area contributed by atoms with E-state index in [2.05, 4.69) is 34.2 Å². The number of phenols is 1. The quantitative estimate of drug-likeness (QED) is 0.355. The molecule has 4 aromatic rings. The summed E-state index contributed by atoms with van der Waals surface area (Å²) < 4.78 is 5.25. The number of hydrogen-bond acceptors (Lipinski definition) is 6. The average Bonchev–Trinajstić information content (AvgIpc) is 3.20. The van der Waals surface area contributed by atoms with Crippen molar-refractivity contribution in [3.63, 3.8) is 0 Å². The second kappa shape index (κ2) is 8.13. The number of aromatic nitrogens is 3. The van der Waals surface area contributed by atoms with Gasteiger partial charge in [-0.15, -0.1) is 5.10 Å². The maximum absolute atomic E-state index is 11.9. The molecule has 0 bridgehead atoms. The predicted molar refractivity (Wildman–Crippen MR) is 114 cm³/mol. The third-order valence-corrected chi connectivity index (χ3v) is 5.76. The summed E-state index contributed by atoms with van der Waals surface area (Å²) >= 11 is 1.44. The number of H-pyrrole nitrogens is 1. The fraction of sp³-hybridized carbons (Fsp3) is 0.227. The van der Waals surface area contributed by atoms with Gasteiger partial charge in [0.25, 0.3) is 0 Å². The lowest BCUT2D eigenvalue weighted by Crippen LogP contribution is -2.00. The van der Waals surface area contributed by atoms with Crippen molar-refractivity contribution >= 4 is 22.7 Å². The Morgan fingerprint density at radius 2 is 1.86 bits per heavy atom. The summed E-state index contributed by atoms with van der Waals surface area (Å²) in [4.78, 5) is 16.5. The smallest absolute Gasteiger partial charge is 0.336 e. The fourth-order valence-electron chi connectivity index (χ4n) is 3.19. The molecule has 0 atom stereocenters. The molecule has 0 fully saturated rings. The van der Waals surface area contributed by atoms with Crippen LogP contribution in [0.5, 0.6) is 5.75 Å². The van der Waals surface area contributed by atoms with E-state index in [-0.39, 0.29) is 5.75 Å². The van der Waals surface area contributed by atoms with E-state index in [9.17, 15) is 9.90 Å². The van der Waals surface area contributed by atoms with Crippen LogP contribution in [-0.2, 0) is 18.6 Å². The largest absolute Gasteiger partial charge is 0.508 e. The van der Waals surface area contributed by atoms with Gasteiger partial charge in [-0.1, -0.05) is 49.9 Å². The van der Waals surface area contributed by atoms with Crippen LogP contribution in [0.2, 0.25) is 0 Å². The van der Waals surface area contributed by atoms with Gasteiger partial charge < -0.3 is 9.52 Å². The standard InChI is InChI=1S/C22H21N3O3S/c1-3-13-5-7-15(8-6-13)21-23-22(25-24-21)29-12-16-10-20(27)28-19-11-18(26)14(4-2)9-17(16)19/h5-11,26H,3-4,12H2,1-2H3,(H,23,24,25). The van der Waals surface area contributed by atoms with Crippen LogP contribution in [0.4, 0.5) is 0 Å². The Hall–Kier alpha value is -3.06. The van der Waals surface area contributed by atoms with Gasteiger partial charge in [0.1, 0.15) is 11.3 Å². The second-order valence-electron chi connectivity index (χ2n) is 6.73. The van der Waals surface area contributed by atoms with E-state index in [0.29, 0.717) is 28.7 Å². The van der Waals surface area contributed by atoms with Crippen molar-refractivity contribution in [1.82, 2.24) is 15.2 Å².